The molecule has 216 valence electrons. The number of hydrogen-bond donors (Lipinski definition) is 2. The van der Waals surface area contributed by atoms with Gasteiger partial charge in [0.15, 0.2) is 0 Å². The molecule has 0 spiro atoms. The minimum Gasteiger partial charge on any atom is -0.481 e. The molecule has 5 rings (SSSR count). The van der Waals surface area contributed by atoms with Crippen LogP contribution in [0.2, 0.25) is 0 Å². The average molecular weight is 556 g/mol. The number of nitrogens with zero attached hydrogens (tertiary/aromatic N) is 4. The Kier molecular flexibility index (Phi) is 9.89. The van der Waals surface area contributed by atoms with Crippen LogP contribution in [0.1, 0.15) is 76.8 Å². The topological polar surface area (TPSA) is 100 Å². The first kappa shape index (κ1) is 29.9. The van der Waals surface area contributed by atoms with Crippen LogP contribution in [0.15, 0.2) is 54.6 Å². The van der Waals surface area contributed by atoms with Crippen molar-refractivity contribution in [1.29, 1.82) is 0 Å². The Morgan fingerprint density at radius 1 is 1.02 bits per heavy atom. The van der Waals surface area contributed by atoms with E-state index in [2.05, 4.69) is 48.5 Å². The van der Waals surface area contributed by atoms with E-state index in [1.54, 1.807) is 0 Å². The van der Waals surface area contributed by atoms with Gasteiger partial charge in [-0.25, -0.2) is 4.68 Å². The number of nitrogens with one attached hydrogen (secondary N) is 1. The Morgan fingerprint density at radius 3 is 2.39 bits per heavy atom. The third-order valence-corrected chi connectivity index (χ3v) is 7.83. The molecule has 1 aliphatic rings. The molecule has 8 heteroatoms. The van der Waals surface area contributed by atoms with Crippen molar-refractivity contribution in [2.75, 3.05) is 19.6 Å². The number of carboxylic acids is 1. The van der Waals surface area contributed by atoms with Gasteiger partial charge in [0.25, 0.3) is 5.91 Å². The van der Waals surface area contributed by atoms with Crippen molar-refractivity contribution in [2.45, 2.75) is 66.5 Å². The second kappa shape index (κ2) is 13.5. The number of aliphatic carboxylic acids is 1. The standard InChI is InChI=1S/C29H30N4O3.C4H11N/c1-4-33-26-11-10-24(19(3)28(26)30-31-33)25(16-27(34)35)21-14-18(2)23-12-13-32(17-22(23)15-21)29(36)20-8-6-5-7-9-20;1-3-5-4-2/h5-11,14-15,25H,4,12-13,16-17H2,1-3H3,(H,34,35);5H,3-4H2,1-2H3/t25-;/m1./s1. The Labute approximate surface area is 242 Å². The number of amides is 1. The van der Waals surface area contributed by atoms with E-state index < -0.39 is 5.97 Å². The molecule has 2 N–H and O–H groups in total. The molecular weight excluding hydrogens is 514 g/mol. The molecule has 0 bridgehead atoms. The van der Waals surface area contributed by atoms with Crippen LogP contribution in [0, 0.1) is 13.8 Å². The SMILES string of the molecule is CCNCC.CCn1nnc2c(C)c([C@H](CC(=O)O)c3cc(C)c4c(c3)CN(C(=O)c3ccccc3)CC4)ccc21. The maximum Gasteiger partial charge on any atom is 0.304 e. The second-order valence-corrected chi connectivity index (χ2v) is 10.5. The molecule has 1 atom stereocenters. The first-order valence-corrected chi connectivity index (χ1v) is 14.5. The number of carboxylic acid groups (broad SMARTS) is 1. The highest BCUT2D eigenvalue weighted by Gasteiger charge is 2.27. The van der Waals surface area contributed by atoms with Crippen molar-refractivity contribution in [3.8, 4) is 0 Å². The molecule has 0 saturated heterocycles. The predicted molar refractivity (Wildman–Crippen MR) is 162 cm³/mol. The molecule has 3 aromatic carbocycles. The number of carbonyl (C=O) groups is 2. The Balaban J connectivity index is 0.000000714. The highest BCUT2D eigenvalue weighted by Crippen LogP contribution is 2.36. The Morgan fingerprint density at radius 2 is 1.76 bits per heavy atom. The van der Waals surface area contributed by atoms with E-state index in [4.69, 9.17) is 0 Å². The zero-order valence-electron chi connectivity index (χ0n) is 24.8. The molecule has 0 saturated carbocycles. The molecule has 0 unspecified atom stereocenters. The number of rotatable bonds is 8. The Hall–Kier alpha value is -4.04. The monoisotopic (exact) mass is 555 g/mol. The van der Waals surface area contributed by atoms with Crippen LogP contribution >= 0.6 is 0 Å². The molecule has 1 aliphatic heterocycles. The molecular formula is C33H41N5O3. The van der Waals surface area contributed by atoms with Crippen LogP contribution in [0.5, 0.6) is 0 Å². The summed E-state index contributed by atoms with van der Waals surface area (Å²) in [6, 6.07) is 17.6. The quantitative estimate of drug-likeness (QED) is 0.298. The largest absolute Gasteiger partial charge is 0.481 e. The molecule has 0 fully saturated rings. The molecule has 8 nitrogen and oxygen atoms in total. The number of fused-ring (bicyclic) bond motifs is 2. The maximum atomic E-state index is 13.1. The smallest absolute Gasteiger partial charge is 0.304 e. The van der Waals surface area contributed by atoms with E-state index in [1.807, 2.05) is 65.9 Å². The minimum atomic E-state index is -0.854. The fourth-order valence-electron chi connectivity index (χ4n) is 5.71. The third kappa shape index (κ3) is 6.65. The average Bonchev–Trinajstić information content (AvgIpc) is 3.41. The molecule has 4 aromatic rings. The van der Waals surface area contributed by atoms with Gasteiger partial charge < -0.3 is 15.3 Å². The second-order valence-electron chi connectivity index (χ2n) is 10.5. The van der Waals surface area contributed by atoms with Gasteiger partial charge in [-0.3, -0.25) is 9.59 Å². The van der Waals surface area contributed by atoms with E-state index in [9.17, 15) is 14.7 Å². The lowest BCUT2D eigenvalue weighted by molar-refractivity contribution is -0.137. The van der Waals surface area contributed by atoms with Crippen molar-refractivity contribution < 1.29 is 14.7 Å². The van der Waals surface area contributed by atoms with Gasteiger partial charge in [-0.05, 0) is 91.9 Å². The Bertz CT molecular complexity index is 1510. The van der Waals surface area contributed by atoms with Gasteiger partial charge in [-0.2, -0.15) is 0 Å². The van der Waals surface area contributed by atoms with Crippen LogP contribution in [0.25, 0.3) is 11.0 Å². The van der Waals surface area contributed by atoms with Gasteiger partial charge in [0.1, 0.15) is 5.52 Å². The predicted octanol–water partition coefficient (Wildman–Crippen LogP) is 5.49. The van der Waals surface area contributed by atoms with E-state index in [-0.39, 0.29) is 18.2 Å². The van der Waals surface area contributed by atoms with Crippen molar-refractivity contribution in [2.24, 2.45) is 0 Å². The molecule has 1 aromatic heterocycles. The van der Waals surface area contributed by atoms with Crippen molar-refractivity contribution >= 4 is 22.9 Å². The maximum absolute atomic E-state index is 13.1. The van der Waals surface area contributed by atoms with E-state index in [1.165, 1.54) is 5.56 Å². The first-order valence-electron chi connectivity index (χ1n) is 14.5. The van der Waals surface area contributed by atoms with Crippen LogP contribution in [0.4, 0.5) is 0 Å². The highest BCUT2D eigenvalue weighted by atomic mass is 16.4. The number of benzene rings is 3. The van der Waals surface area contributed by atoms with Crippen molar-refractivity contribution in [3.05, 3.63) is 93.5 Å². The van der Waals surface area contributed by atoms with Gasteiger partial charge in [0.2, 0.25) is 0 Å². The normalized spacial score (nSPS) is 13.3. The van der Waals surface area contributed by atoms with E-state index in [0.717, 1.165) is 64.9 Å². The van der Waals surface area contributed by atoms with Gasteiger partial charge in [0.05, 0.1) is 11.9 Å². The van der Waals surface area contributed by atoms with Gasteiger partial charge in [-0.15, -0.1) is 5.10 Å². The van der Waals surface area contributed by atoms with E-state index >= 15 is 0 Å². The zero-order chi connectivity index (χ0) is 29.5. The fourth-order valence-corrected chi connectivity index (χ4v) is 5.71. The van der Waals surface area contributed by atoms with Crippen LogP contribution in [-0.2, 0) is 24.3 Å². The molecule has 1 amide bonds. The van der Waals surface area contributed by atoms with Gasteiger partial charge >= 0.3 is 5.97 Å². The van der Waals surface area contributed by atoms with E-state index in [0.29, 0.717) is 18.7 Å². The van der Waals surface area contributed by atoms with Gasteiger partial charge in [0, 0.05) is 31.1 Å². The van der Waals surface area contributed by atoms with Crippen LogP contribution in [-0.4, -0.2) is 56.5 Å². The summed E-state index contributed by atoms with van der Waals surface area (Å²) in [6.45, 7) is 14.4. The first-order chi connectivity index (χ1) is 19.8. The lowest BCUT2D eigenvalue weighted by atomic mass is 9.82. The van der Waals surface area contributed by atoms with Crippen molar-refractivity contribution in [3.63, 3.8) is 0 Å². The number of aryl methyl sites for hydroxylation is 3. The fraction of sp³-hybridized carbons (Fsp3) is 0.394. The summed E-state index contributed by atoms with van der Waals surface area (Å²) in [5.74, 6) is -1.16. The van der Waals surface area contributed by atoms with Crippen LogP contribution < -0.4 is 5.32 Å². The van der Waals surface area contributed by atoms with Crippen LogP contribution in [0.3, 0.4) is 0 Å². The molecule has 0 radical (unpaired) electrons. The summed E-state index contributed by atoms with van der Waals surface area (Å²) in [7, 11) is 0. The number of hydrogen-bond acceptors (Lipinski definition) is 5. The minimum absolute atomic E-state index is 0.0201. The van der Waals surface area contributed by atoms with Crippen molar-refractivity contribution in [1.82, 2.24) is 25.2 Å². The van der Waals surface area contributed by atoms with Gasteiger partial charge in [-0.1, -0.05) is 55.5 Å². The number of carbonyl (C=O) groups excluding carboxylic acids is 1. The summed E-state index contributed by atoms with van der Waals surface area (Å²) in [4.78, 5) is 27.0. The lowest BCUT2D eigenvalue weighted by Crippen LogP contribution is -2.36. The molecule has 41 heavy (non-hydrogen) atoms. The number of aromatic nitrogens is 3. The summed E-state index contributed by atoms with van der Waals surface area (Å²) in [5, 5.41) is 21.5. The summed E-state index contributed by atoms with van der Waals surface area (Å²) in [5.41, 5.74) is 8.77. The summed E-state index contributed by atoms with van der Waals surface area (Å²) < 4.78 is 1.85. The highest BCUT2D eigenvalue weighted by molar-refractivity contribution is 5.94. The lowest BCUT2D eigenvalue weighted by Gasteiger charge is -2.31. The zero-order valence-corrected chi connectivity index (χ0v) is 24.8. The summed E-state index contributed by atoms with van der Waals surface area (Å²) in [6.07, 6.45) is 0.758. The third-order valence-electron chi connectivity index (χ3n) is 7.83. The molecule has 2 heterocycles. The molecule has 0 aliphatic carbocycles. The summed E-state index contributed by atoms with van der Waals surface area (Å²) >= 11 is 0.